The number of hydrogen-bond acceptors (Lipinski definition) is 3. The summed E-state index contributed by atoms with van der Waals surface area (Å²) in [5.74, 6) is 0.161. The van der Waals surface area contributed by atoms with E-state index in [2.05, 4.69) is 12.2 Å². The second-order valence-electron chi connectivity index (χ2n) is 7.55. The molecule has 2 aliphatic rings. The van der Waals surface area contributed by atoms with Gasteiger partial charge in [0.2, 0.25) is 5.91 Å². The van der Waals surface area contributed by atoms with Crippen LogP contribution in [0.4, 0.5) is 10.5 Å². The predicted molar refractivity (Wildman–Crippen MR) is 101 cm³/mol. The first-order valence-electron chi connectivity index (χ1n) is 9.60. The first kappa shape index (κ1) is 18.7. The Labute approximate surface area is 155 Å². The van der Waals surface area contributed by atoms with Crippen LogP contribution in [0.15, 0.2) is 30.3 Å². The Bertz CT molecular complexity index is 622. The van der Waals surface area contributed by atoms with Crippen LogP contribution in [-0.2, 0) is 4.79 Å². The largest absolute Gasteiger partial charge is 0.396 e. The molecule has 0 radical (unpaired) electrons. The molecule has 3 atom stereocenters. The van der Waals surface area contributed by atoms with Gasteiger partial charge in [-0.15, -0.1) is 0 Å². The number of carbonyl (C=O) groups is 2. The van der Waals surface area contributed by atoms with Crippen LogP contribution >= 0.6 is 0 Å². The van der Waals surface area contributed by atoms with Gasteiger partial charge in [0.05, 0.1) is 5.92 Å². The Morgan fingerprint density at radius 1 is 1.15 bits per heavy atom. The summed E-state index contributed by atoms with van der Waals surface area (Å²) >= 11 is 0. The van der Waals surface area contributed by atoms with E-state index in [0.29, 0.717) is 19.6 Å². The second-order valence-corrected chi connectivity index (χ2v) is 7.55. The molecule has 0 saturated carbocycles. The van der Waals surface area contributed by atoms with Gasteiger partial charge in [0.1, 0.15) is 0 Å². The standard InChI is InChI=1S/C20H29N3O3/c1-15-9-10-16(14-24)12-23(15)19(25)17-6-5-11-22(13-17)20(26)21-18-7-3-2-4-8-18/h2-4,7-8,15-17,24H,5-6,9-14H2,1H3,(H,21,26)/t15-,16-,17+/m1/s1. The topological polar surface area (TPSA) is 72.9 Å². The van der Waals surface area contributed by atoms with Gasteiger partial charge in [-0.1, -0.05) is 18.2 Å². The van der Waals surface area contributed by atoms with Gasteiger partial charge in [-0.05, 0) is 50.7 Å². The van der Waals surface area contributed by atoms with E-state index in [1.54, 1.807) is 4.90 Å². The third kappa shape index (κ3) is 4.36. The molecule has 2 saturated heterocycles. The quantitative estimate of drug-likeness (QED) is 0.871. The van der Waals surface area contributed by atoms with E-state index in [9.17, 15) is 14.7 Å². The molecule has 2 aliphatic heterocycles. The summed E-state index contributed by atoms with van der Waals surface area (Å²) in [7, 11) is 0. The van der Waals surface area contributed by atoms with Crippen LogP contribution in [0.5, 0.6) is 0 Å². The summed E-state index contributed by atoms with van der Waals surface area (Å²) < 4.78 is 0. The lowest BCUT2D eigenvalue weighted by atomic mass is 9.90. The fourth-order valence-electron chi connectivity index (χ4n) is 3.96. The van der Waals surface area contributed by atoms with Gasteiger partial charge in [0.15, 0.2) is 0 Å². The summed E-state index contributed by atoms with van der Waals surface area (Å²) in [6.07, 6.45) is 3.56. The number of para-hydroxylation sites is 1. The van der Waals surface area contributed by atoms with Gasteiger partial charge in [0, 0.05) is 38.0 Å². The zero-order chi connectivity index (χ0) is 18.5. The van der Waals surface area contributed by atoms with Crippen LogP contribution in [-0.4, -0.2) is 59.1 Å². The number of nitrogens with zero attached hydrogens (tertiary/aromatic N) is 2. The molecule has 142 valence electrons. The number of anilines is 1. The Morgan fingerprint density at radius 2 is 1.92 bits per heavy atom. The molecule has 1 aromatic rings. The molecule has 3 rings (SSSR count). The van der Waals surface area contributed by atoms with Crippen LogP contribution < -0.4 is 5.32 Å². The number of benzene rings is 1. The zero-order valence-corrected chi connectivity index (χ0v) is 15.4. The molecule has 6 nitrogen and oxygen atoms in total. The Kier molecular flexibility index (Phi) is 6.14. The number of aliphatic hydroxyl groups is 1. The molecular formula is C20H29N3O3. The smallest absolute Gasteiger partial charge is 0.321 e. The molecule has 2 N–H and O–H groups in total. The Hall–Kier alpha value is -2.08. The number of nitrogens with one attached hydrogen (secondary N) is 1. The summed E-state index contributed by atoms with van der Waals surface area (Å²) in [6, 6.07) is 9.45. The third-order valence-electron chi connectivity index (χ3n) is 5.60. The number of hydrogen-bond donors (Lipinski definition) is 2. The van der Waals surface area contributed by atoms with Crippen molar-refractivity contribution >= 4 is 17.6 Å². The number of likely N-dealkylation sites (tertiary alicyclic amines) is 2. The molecule has 6 heteroatoms. The highest BCUT2D eigenvalue weighted by molar-refractivity contribution is 5.90. The SMILES string of the molecule is C[C@@H]1CC[C@@H](CO)CN1C(=O)[C@H]1CCCN(C(=O)Nc2ccccc2)C1. The Morgan fingerprint density at radius 3 is 2.65 bits per heavy atom. The number of urea groups is 1. The lowest BCUT2D eigenvalue weighted by molar-refractivity contribution is -0.141. The van der Waals surface area contributed by atoms with Gasteiger partial charge in [0.25, 0.3) is 0 Å². The van der Waals surface area contributed by atoms with Crippen LogP contribution in [0.2, 0.25) is 0 Å². The average Bonchev–Trinajstić information content (AvgIpc) is 2.68. The lowest BCUT2D eigenvalue weighted by Crippen LogP contribution is -2.52. The zero-order valence-electron chi connectivity index (χ0n) is 15.4. The van der Waals surface area contributed by atoms with E-state index < -0.39 is 0 Å². The summed E-state index contributed by atoms with van der Waals surface area (Å²) in [6.45, 7) is 3.98. The van der Waals surface area contributed by atoms with Crippen molar-refractivity contribution in [1.82, 2.24) is 9.80 Å². The van der Waals surface area contributed by atoms with Crippen LogP contribution in [0.3, 0.4) is 0 Å². The first-order chi connectivity index (χ1) is 12.6. The van der Waals surface area contributed by atoms with E-state index in [4.69, 9.17) is 0 Å². The maximum absolute atomic E-state index is 13.0. The van der Waals surface area contributed by atoms with Crippen molar-refractivity contribution in [3.8, 4) is 0 Å². The summed E-state index contributed by atoms with van der Waals surface area (Å²) in [5.41, 5.74) is 0.765. The molecule has 1 aromatic carbocycles. The molecule has 2 fully saturated rings. The van der Waals surface area contributed by atoms with Crippen molar-refractivity contribution in [2.24, 2.45) is 11.8 Å². The highest BCUT2D eigenvalue weighted by Crippen LogP contribution is 2.26. The summed E-state index contributed by atoms with van der Waals surface area (Å²) in [4.78, 5) is 29.2. The highest BCUT2D eigenvalue weighted by Gasteiger charge is 2.35. The number of piperidine rings is 2. The van der Waals surface area contributed by atoms with Crippen molar-refractivity contribution in [3.63, 3.8) is 0 Å². The number of amides is 3. The van der Waals surface area contributed by atoms with Crippen molar-refractivity contribution in [2.45, 2.75) is 38.6 Å². The van der Waals surface area contributed by atoms with Gasteiger partial charge in [-0.25, -0.2) is 4.79 Å². The normalized spacial score (nSPS) is 26.5. The van der Waals surface area contributed by atoms with E-state index >= 15 is 0 Å². The molecule has 0 bridgehead atoms. The lowest BCUT2D eigenvalue weighted by Gasteiger charge is -2.41. The van der Waals surface area contributed by atoms with Gasteiger partial charge < -0.3 is 20.2 Å². The number of rotatable bonds is 3. The molecule has 0 unspecified atom stereocenters. The minimum Gasteiger partial charge on any atom is -0.396 e. The molecule has 26 heavy (non-hydrogen) atoms. The van der Waals surface area contributed by atoms with Crippen molar-refractivity contribution in [1.29, 1.82) is 0 Å². The monoisotopic (exact) mass is 359 g/mol. The maximum atomic E-state index is 13.0. The van der Waals surface area contributed by atoms with Crippen molar-refractivity contribution in [3.05, 3.63) is 30.3 Å². The van der Waals surface area contributed by atoms with E-state index in [0.717, 1.165) is 31.4 Å². The molecule has 3 amide bonds. The average molecular weight is 359 g/mol. The minimum absolute atomic E-state index is 0.132. The molecule has 0 aliphatic carbocycles. The predicted octanol–water partition coefficient (Wildman–Crippen LogP) is 2.55. The van der Waals surface area contributed by atoms with E-state index in [1.165, 1.54) is 0 Å². The fourth-order valence-corrected chi connectivity index (χ4v) is 3.96. The van der Waals surface area contributed by atoms with Crippen molar-refractivity contribution < 1.29 is 14.7 Å². The summed E-state index contributed by atoms with van der Waals surface area (Å²) in [5, 5.41) is 12.3. The molecule has 0 aromatic heterocycles. The van der Waals surface area contributed by atoms with Crippen LogP contribution in [0, 0.1) is 11.8 Å². The fraction of sp³-hybridized carbons (Fsp3) is 0.600. The third-order valence-corrected chi connectivity index (χ3v) is 5.60. The maximum Gasteiger partial charge on any atom is 0.321 e. The highest BCUT2D eigenvalue weighted by atomic mass is 16.3. The first-order valence-corrected chi connectivity index (χ1v) is 9.60. The Balaban J connectivity index is 1.60. The van der Waals surface area contributed by atoms with Crippen molar-refractivity contribution in [2.75, 3.05) is 31.6 Å². The molecule has 0 spiro atoms. The van der Waals surface area contributed by atoms with Crippen LogP contribution in [0.25, 0.3) is 0 Å². The van der Waals surface area contributed by atoms with Crippen LogP contribution in [0.1, 0.15) is 32.6 Å². The number of carbonyl (C=O) groups excluding carboxylic acids is 2. The van der Waals surface area contributed by atoms with E-state index in [-0.39, 0.29) is 36.4 Å². The number of aliphatic hydroxyl groups excluding tert-OH is 1. The second kappa shape index (κ2) is 8.54. The molecule has 2 heterocycles. The van der Waals surface area contributed by atoms with Gasteiger partial charge in [-0.3, -0.25) is 4.79 Å². The van der Waals surface area contributed by atoms with Gasteiger partial charge in [-0.2, -0.15) is 0 Å². The minimum atomic E-state index is -0.148. The van der Waals surface area contributed by atoms with Gasteiger partial charge >= 0.3 is 6.03 Å². The van der Waals surface area contributed by atoms with E-state index in [1.807, 2.05) is 35.2 Å². The molecular weight excluding hydrogens is 330 g/mol.